The molecule has 0 aliphatic rings. The molecular formula is C12H27N3O2. The molecule has 2 unspecified atom stereocenters. The molecule has 0 saturated heterocycles. The molecule has 0 aromatic carbocycles. The number of rotatable bonds is 9. The Morgan fingerprint density at radius 2 is 2.06 bits per heavy atom. The minimum absolute atomic E-state index is 0.451. The van der Waals surface area contributed by atoms with Crippen LogP contribution < -0.4 is 11.5 Å². The molecule has 5 heteroatoms. The number of nitrogens with zero attached hydrogens (tertiary/aromatic N) is 1. The van der Waals surface area contributed by atoms with Crippen molar-refractivity contribution in [3.05, 3.63) is 0 Å². The van der Waals surface area contributed by atoms with Gasteiger partial charge in [0, 0.05) is 26.2 Å². The van der Waals surface area contributed by atoms with E-state index in [2.05, 4.69) is 18.7 Å². The second-order valence-electron chi connectivity index (χ2n) is 4.82. The van der Waals surface area contributed by atoms with Crippen LogP contribution in [0.25, 0.3) is 0 Å². The van der Waals surface area contributed by atoms with Crippen molar-refractivity contribution in [2.24, 2.45) is 11.5 Å². The number of methoxy groups -OCH3 is 1. The molecule has 102 valence electrons. The first-order chi connectivity index (χ1) is 7.85. The minimum Gasteiger partial charge on any atom is -0.383 e. The van der Waals surface area contributed by atoms with Crippen molar-refractivity contribution < 1.29 is 9.53 Å². The van der Waals surface area contributed by atoms with E-state index in [-0.39, 0.29) is 0 Å². The fraction of sp³-hybridized carbons (Fsp3) is 0.917. The second-order valence-corrected chi connectivity index (χ2v) is 4.82. The summed E-state index contributed by atoms with van der Waals surface area (Å²) < 4.78 is 5.08. The quantitative estimate of drug-likeness (QED) is 0.613. The number of ether oxygens (including phenoxy) is 1. The largest absolute Gasteiger partial charge is 0.383 e. The Labute approximate surface area is 104 Å². The van der Waals surface area contributed by atoms with Crippen molar-refractivity contribution in [3.8, 4) is 0 Å². The summed E-state index contributed by atoms with van der Waals surface area (Å²) in [6.07, 6.45) is 1.62. The lowest BCUT2D eigenvalue weighted by Gasteiger charge is -2.31. The van der Waals surface area contributed by atoms with E-state index in [0.717, 1.165) is 19.5 Å². The van der Waals surface area contributed by atoms with Gasteiger partial charge in [-0.2, -0.15) is 0 Å². The molecule has 4 N–H and O–H groups in total. The molecule has 0 aromatic rings. The van der Waals surface area contributed by atoms with E-state index in [1.54, 1.807) is 14.0 Å². The van der Waals surface area contributed by atoms with E-state index < -0.39 is 11.4 Å². The standard InChI is InChI=1S/C12H27N3O2/c1-5-10(2)15(8-9-17-4)7-6-12(3,14)11(13)16/h10H,5-9,14H2,1-4H3,(H2,13,16). The summed E-state index contributed by atoms with van der Waals surface area (Å²) in [6.45, 7) is 8.27. The van der Waals surface area contributed by atoms with E-state index >= 15 is 0 Å². The number of amides is 1. The Morgan fingerprint density at radius 1 is 1.47 bits per heavy atom. The van der Waals surface area contributed by atoms with Crippen LogP contribution >= 0.6 is 0 Å². The third-order valence-corrected chi connectivity index (χ3v) is 3.28. The maximum atomic E-state index is 11.1. The molecule has 0 rings (SSSR count). The van der Waals surface area contributed by atoms with E-state index in [1.807, 2.05) is 0 Å². The van der Waals surface area contributed by atoms with Crippen molar-refractivity contribution in [1.29, 1.82) is 0 Å². The predicted molar refractivity (Wildman–Crippen MR) is 69.6 cm³/mol. The molecule has 0 heterocycles. The van der Waals surface area contributed by atoms with Gasteiger partial charge in [-0.15, -0.1) is 0 Å². The maximum absolute atomic E-state index is 11.1. The number of carbonyl (C=O) groups excluding carboxylic acids is 1. The van der Waals surface area contributed by atoms with Crippen LogP contribution in [0.2, 0.25) is 0 Å². The third kappa shape index (κ3) is 6.00. The molecule has 0 spiro atoms. The van der Waals surface area contributed by atoms with Gasteiger partial charge in [0.1, 0.15) is 0 Å². The lowest BCUT2D eigenvalue weighted by molar-refractivity contribution is -0.122. The summed E-state index contributed by atoms with van der Waals surface area (Å²) in [7, 11) is 1.69. The topological polar surface area (TPSA) is 81.6 Å². The van der Waals surface area contributed by atoms with Gasteiger partial charge in [0.2, 0.25) is 5.91 Å². The zero-order valence-corrected chi connectivity index (χ0v) is 11.5. The highest BCUT2D eigenvalue weighted by Gasteiger charge is 2.26. The van der Waals surface area contributed by atoms with Crippen LogP contribution in [-0.2, 0) is 9.53 Å². The molecule has 0 bridgehead atoms. The molecular weight excluding hydrogens is 218 g/mol. The Kier molecular flexibility index (Phi) is 7.34. The molecule has 0 radical (unpaired) electrons. The van der Waals surface area contributed by atoms with Gasteiger partial charge in [0.25, 0.3) is 0 Å². The average Bonchev–Trinajstić information content (AvgIpc) is 2.28. The highest BCUT2D eigenvalue weighted by atomic mass is 16.5. The Balaban J connectivity index is 4.29. The van der Waals surface area contributed by atoms with Crippen LogP contribution in [0.3, 0.4) is 0 Å². The highest BCUT2D eigenvalue weighted by Crippen LogP contribution is 2.10. The zero-order chi connectivity index (χ0) is 13.5. The Hall–Kier alpha value is -0.650. The molecule has 0 aliphatic heterocycles. The molecule has 2 atom stereocenters. The molecule has 1 amide bonds. The van der Waals surface area contributed by atoms with Gasteiger partial charge < -0.3 is 16.2 Å². The average molecular weight is 245 g/mol. The van der Waals surface area contributed by atoms with Crippen molar-refractivity contribution in [1.82, 2.24) is 4.90 Å². The van der Waals surface area contributed by atoms with Crippen LogP contribution in [0.4, 0.5) is 0 Å². The van der Waals surface area contributed by atoms with Crippen LogP contribution in [0.15, 0.2) is 0 Å². The molecule has 0 aromatic heterocycles. The Morgan fingerprint density at radius 3 is 2.47 bits per heavy atom. The van der Waals surface area contributed by atoms with Crippen LogP contribution in [0.5, 0.6) is 0 Å². The van der Waals surface area contributed by atoms with Crippen LogP contribution in [0, 0.1) is 0 Å². The molecule has 0 saturated carbocycles. The predicted octanol–water partition coefficient (Wildman–Crippen LogP) is 0.326. The van der Waals surface area contributed by atoms with Crippen molar-refractivity contribution >= 4 is 5.91 Å². The molecule has 5 nitrogen and oxygen atoms in total. The van der Waals surface area contributed by atoms with Gasteiger partial charge in [0.15, 0.2) is 0 Å². The first-order valence-electron chi connectivity index (χ1n) is 6.17. The van der Waals surface area contributed by atoms with Gasteiger partial charge in [-0.1, -0.05) is 6.92 Å². The van der Waals surface area contributed by atoms with Crippen molar-refractivity contribution in [3.63, 3.8) is 0 Å². The van der Waals surface area contributed by atoms with E-state index in [9.17, 15) is 4.79 Å². The van der Waals surface area contributed by atoms with Gasteiger partial charge in [-0.25, -0.2) is 0 Å². The summed E-state index contributed by atoms with van der Waals surface area (Å²) in [5.41, 5.74) is 10.2. The zero-order valence-electron chi connectivity index (χ0n) is 11.5. The van der Waals surface area contributed by atoms with Gasteiger partial charge in [-0.3, -0.25) is 9.69 Å². The highest BCUT2D eigenvalue weighted by molar-refractivity contribution is 5.83. The maximum Gasteiger partial charge on any atom is 0.237 e. The van der Waals surface area contributed by atoms with Crippen molar-refractivity contribution in [2.75, 3.05) is 26.8 Å². The van der Waals surface area contributed by atoms with Crippen LogP contribution in [0.1, 0.15) is 33.6 Å². The number of primary amides is 1. The SMILES string of the molecule is CCC(C)N(CCOC)CCC(C)(N)C(N)=O. The third-order valence-electron chi connectivity index (χ3n) is 3.28. The normalized spacial score (nSPS) is 16.8. The van der Waals surface area contributed by atoms with Gasteiger partial charge in [0.05, 0.1) is 12.1 Å². The molecule has 0 fully saturated rings. The van der Waals surface area contributed by atoms with Gasteiger partial charge in [-0.05, 0) is 26.7 Å². The fourth-order valence-electron chi connectivity index (χ4n) is 1.52. The van der Waals surface area contributed by atoms with Crippen LogP contribution in [-0.4, -0.2) is 49.2 Å². The second kappa shape index (κ2) is 7.63. The number of hydrogen-bond donors (Lipinski definition) is 2. The summed E-state index contributed by atoms with van der Waals surface area (Å²) in [5, 5.41) is 0. The Bertz CT molecular complexity index is 232. The fourth-order valence-corrected chi connectivity index (χ4v) is 1.52. The van der Waals surface area contributed by atoms with E-state index in [1.165, 1.54) is 0 Å². The monoisotopic (exact) mass is 245 g/mol. The number of nitrogens with two attached hydrogens (primary N) is 2. The summed E-state index contributed by atoms with van der Waals surface area (Å²) in [6, 6.07) is 0.453. The van der Waals surface area contributed by atoms with Crippen molar-refractivity contribution in [2.45, 2.75) is 45.2 Å². The lowest BCUT2D eigenvalue weighted by Crippen LogP contribution is -2.52. The molecule has 0 aliphatic carbocycles. The minimum atomic E-state index is -0.932. The lowest BCUT2D eigenvalue weighted by atomic mass is 9.98. The first kappa shape index (κ1) is 16.4. The smallest absolute Gasteiger partial charge is 0.237 e. The number of hydrogen-bond acceptors (Lipinski definition) is 4. The number of carbonyl (C=O) groups is 1. The molecule has 17 heavy (non-hydrogen) atoms. The van der Waals surface area contributed by atoms with Gasteiger partial charge >= 0.3 is 0 Å². The van der Waals surface area contributed by atoms with E-state index in [4.69, 9.17) is 16.2 Å². The summed E-state index contributed by atoms with van der Waals surface area (Å²) >= 11 is 0. The van der Waals surface area contributed by atoms with E-state index in [0.29, 0.717) is 19.1 Å². The first-order valence-corrected chi connectivity index (χ1v) is 6.17. The summed E-state index contributed by atoms with van der Waals surface area (Å²) in [4.78, 5) is 13.4. The summed E-state index contributed by atoms with van der Waals surface area (Å²) in [5.74, 6) is -0.451.